The van der Waals surface area contributed by atoms with Gasteiger partial charge in [-0.05, 0) is 75.4 Å². The van der Waals surface area contributed by atoms with Crippen LogP contribution in [0.5, 0.6) is 23.0 Å². The monoisotopic (exact) mass is 887 g/mol. The Morgan fingerprint density at radius 3 is 1.75 bits per heavy atom. The molecule has 4 N–H and O–H groups in total. The maximum atomic E-state index is 12.4. The van der Waals surface area contributed by atoms with Crippen LogP contribution in [0.3, 0.4) is 0 Å². The number of esters is 1. The van der Waals surface area contributed by atoms with Crippen molar-refractivity contribution in [2.24, 2.45) is 11.3 Å². The van der Waals surface area contributed by atoms with E-state index in [2.05, 4.69) is 15.6 Å². The Morgan fingerprint density at radius 1 is 0.891 bits per heavy atom. The molecule has 20 heteroatoms. The number of alkyl halides is 2. The van der Waals surface area contributed by atoms with Crippen molar-refractivity contribution in [2.45, 2.75) is 73.8 Å². The number of carbonyl (C=O) groups is 5. The summed E-state index contributed by atoms with van der Waals surface area (Å²) in [6.07, 6.45) is 1.10. The first-order valence-electron chi connectivity index (χ1n) is 16.1. The Labute approximate surface area is 424 Å². The molecule has 0 radical (unpaired) electrons. The van der Waals surface area contributed by atoms with Gasteiger partial charge < -0.3 is 40.6 Å². The van der Waals surface area contributed by atoms with Crippen LogP contribution in [-0.4, -0.2) is 73.4 Å². The molecule has 0 atom stereocenters. The quantitative estimate of drug-likeness (QED) is 0.0338. The second kappa shape index (κ2) is 31.2. The number of nitrogens with two attached hydrogens (primary N) is 1. The molecule has 2 aromatic carbocycles. The Morgan fingerprint density at radius 2 is 1.35 bits per heavy atom. The second-order valence-corrected chi connectivity index (χ2v) is 14.0. The molecule has 0 saturated heterocycles. The number of benzene rings is 2. The molecule has 2 heterocycles. The number of amides is 2. The minimum Gasteiger partial charge on any atom is -1.00 e. The molecule has 0 fully saturated rings. The molecule has 2 aromatic rings. The van der Waals surface area contributed by atoms with Gasteiger partial charge in [-0.1, -0.05) is 27.7 Å². The summed E-state index contributed by atoms with van der Waals surface area (Å²) in [5.74, 6) is 6.54. The Balaban J connectivity index is -0.000000351. The van der Waals surface area contributed by atoms with E-state index in [0.29, 0.717) is 73.4 Å². The van der Waals surface area contributed by atoms with Crippen molar-refractivity contribution in [1.29, 1.82) is 0 Å². The number of carbonyl (C=O) groups excluding carboxylic acids is 5. The predicted molar refractivity (Wildman–Crippen MR) is 199 cm³/mol. The van der Waals surface area contributed by atoms with E-state index in [4.69, 9.17) is 74.4 Å². The number of halogens is 3. The number of rotatable bonds is 7. The molecule has 300 valence electrons. The molecule has 0 unspecified atom stereocenters. The van der Waals surface area contributed by atoms with Crippen LogP contribution in [0, 0.1) is 12.3 Å². The second-order valence-electron chi connectivity index (χ2n) is 12.9. The van der Waals surface area contributed by atoms with Crippen molar-refractivity contribution >= 4 is 64.3 Å². The van der Waals surface area contributed by atoms with Crippen LogP contribution in [0.15, 0.2) is 24.3 Å². The normalized spacial score (nSPS) is 11.7. The summed E-state index contributed by atoms with van der Waals surface area (Å²) in [4.78, 5) is 56.9. The molecule has 0 aromatic heterocycles. The molecular formula is C35H50Cl3K2N3O12. The van der Waals surface area contributed by atoms with E-state index in [0.717, 1.165) is 11.1 Å². The van der Waals surface area contributed by atoms with Gasteiger partial charge in [0.2, 0.25) is 5.91 Å². The maximum Gasteiger partial charge on any atom is 1.00 e. The van der Waals surface area contributed by atoms with E-state index in [1.165, 1.54) is 0 Å². The van der Waals surface area contributed by atoms with Crippen LogP contribution in [-0.2, 0) is 30.4 Å². The SMILES string of the molecule is CC(C)(C)CC(=O)NN.CCc1c(C(=O)NCC(=O)OC(C)(C)C)ccc2c1OCCO2.Cc1c(C(=O)Cl)ccc2c1OCCO2.ClCCl.O=CO[O-].[H-].[K+].[K+]. The molecule has 0 aliphatic carbocycles. The molecular weight excluding hydrogens is 839 g/mol. The standard InChI is InChI=1S/C17H23NO5.C10H9ClO3.C6H14N2O.CH2Cl2.CH2O3.2K.H/c1-5-11-12(6-7-13-15(11)22-9-8-21-13)16(20)18-10-14(19)23-17(2,3)4;1-6-7(10(11)12)2-3-8-9(6)14-5-4-13-8;1-6(2,3)4-5(9)8-7;2-1-3;2-1-4-3;;;/h6-7H,5,8-10H2,1-4H3,(H,18,20);2-3H,4-5H2,1H3;4,7H2,1-3H3,(H,8,9);1H2;1,3H;;;/q;;;;;2*+1;-1/p-1. The largest absolute Gasteiger partial charge is 1.00 e. The van der Waals surface area contributed by atoms with E-state index in [-0.39, 0.29) is 140 Å². The van der Waals surface area contributed by atoms with E-state index < -0.39 is 16.8 Å². The van der Waals surface area contributed by atoms with E-state index >= 15 is 0 Å². The zero-order valence-electron chi connectivity index (χ0n) is 34.2. The zero-order valence-corrected chi connectivity index (χ0v) is 41.7. The average molecular weight is 889 g/mol. The fourth-order valence-corrected chi connectivity index (χ4v) is 4.57. The van der Waals surface area contributed by atoms with Gasteiger partial charge in [-0.3, -0.25) is 29.4 Å². The summed E-state index contributed by atoms with van der Waals surface area (Å²) in [5, 5.41) is 10.7. The predicted octanol–water partition coefficient (Wildman–Crippen LogP) is -1.37. The molecule has 55 heavy (non-hydrogen) atoms. The summed E-state index contributed by atoms with van der Waals surface area (Å²) < 4.78 is 27.1. The Hall–Kier alpha value is -0.747. The topological polar surface area (TPSA) is 214 Å². The summed E-state index contributed by atoms with van der Waals surface area (Å²) in [5.41, 5.74) is 4.01. The molecule has 0 spiro atoms. The summed E-state index contributed by atoms with van der Waals surface area (Å²) >= 11 is 14.9. The average Bonchev–Trinajstić information content (AvgIpc) is 3.09. The number of fused-ring (bicyclic) bond motifs is 2. The van der Waals surface area contributed by atoms with Gasteiger partial charge in [0.25, 0.3) is 17.6 Å². The first-order chi connectivity index (χ1) is 24.8. The van der Waals surface area contributed by atoms with Crippen molar-refractivity contribution in [1.82, 2.24) is 10.7 Å². The van der Waals surface area contributed by atoms with Gasteiger partial charge in [-0.15, -0.1) is 23.2 Å². The summed E-state index contributed by atoms with van der Waals surface area (Å²) in [7, 11) is 0. The minimum atomic E-state index is -0.576. The molecule has 2 amide bonds. The van der Waals surface area contributed by atoms with Gasteiger partial charge in [-0.25, -0.2) is 5.84 Å². The van der Waals surface area contributed by atoms with Crippen LogP contribution in [0.4, 0.5) is 0 Å². The zero-order chi connectivity index (χ0) is 40.8. The summed E-state index contributed by atoms with van der Waals surface area (Å²) in [6, 6.07) is 6.77. The van der Waals surface area contributed by atoms with Crippen molar-refractivity contribution in [3.05, 3.63) is 46.5 Å². The molecule has 15 nitrogen and oxygen atoms in total. The number of hydrogen-bond donors (Lipinski definition) is 3. The van der Waals surface area contributed by atoms with Gasteiger partial charge in [0.15, 0.2) is 23.0 Å². The van der Waals surface area contributed by atoms with E-state index in [1.54, 1.807) is 52.0 Å². The van der Waals surface area contributed by atoms with Gasteiger partial charge in [0.1, 0.15) is 38.6 Å². The first kappa shape index (κ1) is 58.6. The van der Waals surface area contributed by atoms with Crippen LogP contribution >= 0.6 is 34.8 Å². The van der Waals surface area contributed by atoms with Crippen molar-refractivity contribution in [2.75, 3.05) is 38.3 Å². The van der Waals surface area contributed by atoms with E-state index in [1.807, 2.05) is 27.7 Å². The molecule has 0 saturated carbocycles. The Kier molecular flexibility index (Phi) is 33.2. The molecule has 4 rings (SSSR count). The maximum absolute atomic E-state index is 12.4. The minimum absolute atomic E-state index is 0. The van der Waals surface area contributed by atoms with Crippen LogP contribution in [0.25, 0.3) is 0 Å². The van der Waals surface area contributed by atoms with Crippen LogP contribution in [0.2, 0.25) is 0 Å². The number of ether oxygens (including phenoxy) is 5. The van der Waals surface area contributed by atoms with Crippen molar-refractivity contribution in [3.63, 3.8) is 0 Å². The van der Waals surface area contributed by atoms with Gasteiger partial charge in [0.05, 0.1) is 5.34 Å². The third-order valence-corrected chi connectivity index (χ3v) is 6.49. The van der Waals surface area contributed by atoms with Crippen LogP contribution < -0.4 is 144 Å². The molecule has 0 bridgehead atoms. The van der Waals surface area contributed by atoms with Gasteiger partial charge >= 0.3 is 109 Å². The van der Waals surface area contributed by atoms with Crippen molar-refractivity contribution in [3.8, 4) is 23.0 Å². The fourth-order valence-electron chi connectivity index (χ4n) is 4.36. The van der Waals surface area contributed by atoms with E-state index in [9.17, 15) is 19.2 Å². The van der Waals surface area contributed by atoms with Crippen molar-refractivity contribution < 1.29 is 162 Å². The van der Waals surface area contributed by atoms with Gasteiger partial charge in [0, 0.05) is 28.7 Å². The smallest absolute Gasteiger partial charge is 1.00 e. The molecule has 2 aliphatic heterocycles. The Bertz CT molecular complexity index is 1520. The number of hydrazine groups is 1. The third kappa shape index (κ3) is 24.7. The third-order valence-electron chi connectivity index (χ3n) is 6.28. The fraction of sp³-hybridized carbons (Fsp3) is 0.514. The number of hydrogen-bond acceptors (Lipinski definition) is 13. The summed E-state index contributed by atoms with van der Waals surface area (Å²) in [6.45, 7) is 16.7. The number of nitrogens with one attached hydrogen (secondary N) is 2. The first-order valence-corrected chi connectivity index (χ1v) is 17.6. The van der Waals surface area contributed by atoms with Crippen LogP contribution in [0.1, 0.15) is 88.2 Å². The molecule has 2 aliphatic rings. The van der Waals surface area contributed by atoms with Gasteiger partial charge in [-0.2, -0.15) is 0 Å².